The highest BCUT2D eigenvalue weighted by atomic mass is 35.5. The summed E-state index contributed by atoms with van der Waals surface area (Å²) in [7, 11) is 0. The molecule has 1 aromatic rings. The summed E-state index contributed by atoms with van der Waals surface area (Å²) < 4.78 is 0. The fourth-order valence-corrected chi connectivity index (χ4v) is 2.68. The van der Waals surface area contributed by atoms with E-state index in [0.717, 1.165) is 23.5 Å². The fraction of sp³-hybridized carbons (Fsp3) is 0.571. The lowest BCUT2D eigenvalue weighted by Gasteiger charge is -2.13. The standard InChI is InChI=1S/C14H20ClN/c1-2-9-16-14-8-5-12(10-14)11-3-6-13(15)7-4-11/h3-4,6-7,12,14,16H,2,5,8-10H2,1H3. The normalized spacial score (nSPS) is 24.9. The molecule has 0 bridgehead atoms. The summed E-state index contributed by atoms with van der Waals surface area (Å²) in [6.07, 6.45) is 5.13. The van der Waals surface area contributed by atoms with Gasteiger partial charge in [0, 0.05) is 11.1 Å². The van der Waals surface area contributed by atoms with Gasteiger partial charge in [-0.05, 0) is 55.8 Å². The molecule has 88 valence electrons. The summed E-state index contributed by atoms with van der Waals surface area (Å²) in [5.41, 5.74) is 1.45. The Labute approximate surface area is 103 Å². The van der Waals surface area contributed by atoms with Crippen LogP contribution in [-0.2, 0) is 0 Å². The minimum absolute atomic E-state index is 0.723. The maximum absolute atomic E-state index is 5.90. The first-order valence-electron chi connectivity index (χ1n) is 6.28. The summed E-state index contributed by atoms with van der Waals surface area (Å²) in [6.45, 7) is 3.37. The van der Waals surface area contributed by atoms with Crippen molar-refractivity contribution in [2.75, 3.05) is 6.54 Å². The first-order valence-corrected chi connectivity index (χ1v) is 6.66. The van der Waals surface area contributed by atoms with Crippen LogP contribution in [0.1, 0.15) is 44.1 Å². The molecule has 1 saturated carbocycles. The first kappa shape index (κ1) is 11.9. The van der Waals surface area contributed by atoms with Crippen molar-refractivity contribution in [3.8, 4) is 0 Å². The zero-order valence-electron chi connectivity index (χ0n) is 9.88. The van der Waals surface area contributed by atoms with E-state index < -0.39 is 0 Å². The third-order valence-electron chi connectivity index (χ3n) is 3.46. The van der Waals surface area contributed by atoms with Crippen molar-refractivity contribution < 1.29 is 0 Å². The van der Waals surface area contributed by atoms with Gasteiger partial charge in [-0.25, -0.2) is 0 Å². The fourth-order valence-electron chi connectivity index (χ4n) is 2.55. The van der Waals surface area contributed by atoms with Crippen molar-refractivity contribution in [3.05, 3.63) is 34.9 Å². The van der Waals surface area contributed by atoms with Gasteiger partial charge in [0.05, 0.1) is 0 Å². The van der Waals surface area contributed by atoms with Crippen molar-refractivity contribution in [2.45, 2.75) is 44.6 Å². The van der Waals surface area contributed by atoms with E-state index in [-0.39, 0.29) is 0 Å². The van der Waals surface area contributed by atoms with Crippen LogP contribution in [0.5, 0.6) is 0 Å². The smallest absolute Gasteiger partial charge is 0.0406 e. The molecule has 1 aromatic carbocycles. The number of nitrogens with one attached hydrogen (secondary N) is 1. The van der Waals surface area contributed by atoms with Gasteiger partial charge in [0.2, 0.25) is 0 Å². The van der Waals surface area contributed by atoms with Crippen LogP contribution in [0.25, 0.3) is 0 Å². The molecule has 2 rings (SSSR count). The minimum atomic E-state index is 0.723. The van der Waals surface area contributed by atoms with Gasteiger partial charge < -0.3 is 5.32 Å². The quantitative estimate of drug-likeness (QED) is 0.836. The average Bonchev–Trinajstić information content (AvgIpc) is 2.76. The minimum Gasteiger partial charge on any atom is -0.314 e. The van der Waals surface area contributed by atoms with Crippen molar-refractivity contribution in [2.24, 2.45) is 0 Å². The second-order valence-corrected chi connectivity index (χ2v) is 5.15. The van der Waals surface area contributed by atoms with E-state index in [9.17, 15) is 0 Å². The number of hydrogen-bond acceptors (Lipinski definition) is 1. The molecule has 0 aromatic heterocycles. The Morgan fingerprint density at radius 3 is 2.69 bits per heavy atom. The highest BCUT2D eigenvalue weighted by molar-refractivity contribution is 6.30. The van der Waals surface area contributed by atoms with Crippen LogP contribution in [0.3, 0.4) is 0 Å². The molecule has 0 radical (unpaired) electrons. The van der Waals surface area contributed by atoms with E-state index in [1.54, 1.807) is 0 Å². The Bertz CT molecular complexity index is 320. The molecule has 0 saturated heterocycles. The molecule has 2 unspecified atom stereocenters. The molecule has 1 fully saturated rings. The Balaban J connectivity index is 1.90. The van der Waals surface area contributed by atoms with Crippen molar-refractivity contribution in [3.63, 3.8) is 0 Å². The molecule has 1 aliphatic carbocycles. The molecule has 1 aliphatic rings. The van der Waals surface area contributed by atoms with E-state index in [1.165, 1.54) is 31.2 Å². The molecule has 0 amide bonds. The maximum Gasteiger partial charge on any atom is 0.0406 e. The molecule has 1 nitrogen and oxygen atoms in total. The largest absolute Gasteiger partial charge is 0.314 e. The number of halogens is 1. The molecular formula is C14H20ClN. The third kappa shape index (κ3) is 2.99. The van der Waals surface area contributed by atoms with Crippen LogP contribution in [0.4, 0.5) is 0 Å². The Morgan fingerprint density at radius 2 is 2.00 bits per heavy atom. The van der Waals surface area contributed by atoms with Gasteiger partial charge in [-0.2, -0.15) is 0 Å². The molecule has 2 heteroatoms. The number of rotatable bonds is 4. The zero-order valence-corrected chi connectivity index (χ0v) is 10.6. The van der Waals surface area contributed by atoms with Crippen LogP contribution in [0.15, 0.2) is 24.3 Å². The molecule has 0 spiro atoms. The second-order valence-electron chi connectivity index (χ2n) is 4.71. The SMILES string of the molecule is CCCNC1CCC(c2ccc(Cl)cc2)C1. The molecule has 16 heavy (non-hydrogen) atoms. The topological polar surface area (TPSA) is 12.0 Å². The predicted octanol–water partition coefficient (Wildman–Crippen LogP) is 3.98. The Kier molecular flexibility index (Phi) is 4.25. The summed E-state index contributed by atoms with van der Waals surface area (Å²) in [5.74, 6) is 0.728. The van der Waals surface area contributed by atoms with Gasteiger partial charge in [-0.3, -0.25) is 0 Å². The first-order chi connectivity index (χ1) is 7.79. The second kappa shape index (κ2) is 5.70. The average molecular weight is 238 g/mol. The lowest BCUT2D eigenvalue weighted by molar-refractivity contribution is 0.517. The van der Waals surface area contributed by atoms with Crippen molar-refractivity contribution in [1.82, 2.24) is 5.32 Å². The third-order valence-corrected chi connectivity index (χ3v) is 3.71. The van der Waals surface area contributed by atoms with Gasteiger partial charge in [0.25, 0.3) is 0 Å². The summed E-state index contributed by atoms with van der Waals surface area (Å²) in [5, 5.41) is 4.45. The monoisotopic (exact) mass is 237 g/mol. The lowest BCUT2D eigenvalue weighted by Crippen LogP contribution is -2.26. The van der Waals surface area contributed by atoms with E-state index >= 15 is 0 Å². The van der Waals surface area contributed by atoms with Gasteiger partial charge >= 0.3 is 0 Å². The van der Waals surface area contributed by atoms with Crippen LogP contribution in [0.2, 0.25) is 5.02 Å². The lowest BCUT2D eigenvalue weighted by atomic mass is 9.97. The predicted molar refractivity (Wildman–Crippen MR) is 70.1 cm³/mol. The molecular weight excluding hydrogens is 218 g/mol. The van der Waals surface area contributed by atoms with Gasteiger partial charge in [-0.1, -0.05) is 30.7 Å². The van der Waals surface area contributed by atoms with Crippen LogP contribution in [0, 0.1) is 0 Å². The van der Waals surface area contributed by atoms with Crippen molar-refractivity contribution >= 4 is 11.6 Å². The van der Waals surface area contributed by atoms with Crippen LogP contribution < -0.4 is 5.32 Å². The molecule has 2 atom stereocenters. The highest BCUT2D eigenvalue weighted by Crippen LogP contribution is 2.34. The summed E-state index contributed by atoms with van der Waals surface area (Å²) >= 11 is 5.90. The summed E-state index contributed by atoms with van der Waals surface area (Å²) in [6, 6.07) is 9.08. The van der Waals surface area contributed by atoms with E-state index in [0.29, 0.717) is 0 Å². The Morgan fingerprint density at radius 1 is 1.25 bits per heavy atom. The van der Waals surface area contributed by atoms with E-state index in [1.807, 2.05) is 12.1 Å². The zero-order chi connectivity index (χ0) is 11.4. The van der Waals surface area contributed by atoms with Gasteiger partial charge in [0.15, 0.2) is 0 Å². The Hall–Kier alpha value is -0.530. The number of hydrogen-bond donors (Lipinski definition) is 1. The summed E-state index contributed by atoms with van der Waals surface area (Å²) in [4.78, 5) is 0. The molecule has 0 heterocycles. The van der Waals surface area contributed by atoms with Crippen LogP contribution in [-0.4, -0.2) is 12.6 Å². The van der Waals surface area contributed by atoms with Gasteiger partial charge in [0.1, 0.15) is 0 Å². The van der Waals surface area contributed by atoms with E-state index in [2.05, 4.69) is 24.4 Å². The molecule has 0 aliphatic heterocycles. The van der Waals surface area contributed by atoms with E-state index in [4.69, 9.17) is 11.6 Å². The van der Waals surface area contributed by atoms with Crippen molar-refractivity contribution in [1.29, 1.82) is 0 Å². The highest BCUT2D eigenvalue weighted by Gasteiger charge is 2.24. The number of benzene rings is 1. The maximum atomic E-state index is 5.90. The molecule has 1 N–H and O–H groups in total. The van der Waals surface area contributed by atoms with Crippen LogP contribution >= 0.6 is 11.6 Å². The van der Waals surface area contributed by atoms with Gasteiger partial charge in [-0.15, -0.1) is 0 Å².